The number of benzene rings is 3. The molecule has 0 N–H and O–H groups in total. The Kier molecular flexibility index (Phi) is 6.61. The summed E-state index contributed by atoms with van der Waals surface area (Å²) in [4.78, 5) is 0. The summed E-state index contributed by atoms with van der Waals surface area (Å²) in [6.07, 6.45) is 0. The number of oxime groups is 1. The van der Waals surface area contributed by atoms with Gasteiger partial charge in [0, 0.05) is 23.8 Å². The number of nitrogens with zero attached hydrogens (tertiary/aromatic N) is 1. The second-order valence-electron chi connectivity index (χ2n) is 7.30. The molecule has 3 aromatic rings. The topological polar surface area (TPSA) is 21.6 Å². The van der Waals surface area contributed by atoms with Crippen molar-refractivity contribution in [1.29, 1.82) is 0 Å². The van der Waals surface area contributed by atoms with Crippen LogP contribution in [0.3, 0.4) is 0 Å². The molecule has 27 heavy (non-hydrogen) atoms. The minimum Gasteiger partial charge on any atom is -0.454 e. The molecule has 0 radical (unpaired) electrons. The molecule has 0 saturated heterocycles. The van der Waals surface area contributed by atoms with Gasteiger partial charge in [0.2, 0.25) is 0 Å². The van der Waals surface area contributed by atoms with E-state index in [0.29, 0.717) is 0 Å². The lowest BCUT2D eigenvalue weighted by Crippen LogP contribution is -2.46. The van der Waals surface area contributed by atoms with Gasteiger partial charge in [-0.1, -0.05) is 91.0 Å². The van der Waals surface area contributed by atoms with Crippen molar-refractivity contribution in [2.75, 3.05) is 0 Å². The third-order valence-corrected chi connectivity index (χ3v) is 8.17. The highest BCUT2D eigenvalue weighted by Gasteiger charge is 2.39. The zero-order valence-corrected chi connectivity index (χ0v) is 17.1. The van der Waals surface area contributed by atoms with Crippen molar-refractivity contribution < 1.29 is 4.53 Å². The largest absolute Gasteiger partial charge is 0.454 e. The first-order chi connectivity index (χ1) is 13.2. The van der Waals surface area contributed by atoms with Gasteiger partial charge in [-0.3, -0.25) is 0 Å². The Bertz CT molecular complexity index is 742. The highest BCUT2D eigenvalue weighted by molar-refractivity contribution is 6.72. The Morgan fingerprint density at radius 3 is 1.26 bits per heavy atom. The number of hydrogen-bond donors (Lipinski definition) is 0. The Morgan fingerprint density at radius 1 is 0.630 bits per heavy atom. The van der Waals surface area contributed by atoms with Crippen LogP contribution in [0.5, 0.6) is 0 Å². The van der Waals surface area contributed by atoms with E-state index in [0.717, 1.165) is 23.8 Å². The van der Waals surface area contributed by atoms with E-state index >= 15 is 0 Å². The summed E-state index contributed by atoms with van der Waals surface area (Å²) in [5.74, 6) is 0. The molecular formula is C24H27NOSi. The molecule has 3 heteroatoms. The van der Waals surface area contributed by atoms with Gasteiger partial charge in [-0.25, -0.2) is 0 Å². The highest BCUT2D eigenvalue weighted by Crippen LogP contribution is 2.24. The maximum absolute atomic E-state index is 6.43. The lowest BCUT2D eigenvalue weighted by molar-refractivity contribution is 0.316. The van der Waals surface area contributed by atoms with E-state index in [4.69, 9.17) is 4.53 Å². The Morgan fingerprint density at radius 2 is 0.963 bits per heavy atom. The SMILES string of the molecule is CC(C)=NO[Si](Cc1ccccc1)(Cc1ccccc1)Cc1ccccc1. The molecule has 0 unspecified atom stereocenters. The van der Waals surface area contributed by atoms with E-state index in [1.165, 1.54) is 16.7 Å². The van der Waals surface area contributed by atoms with Gasteiger partial charge in [0.15, 0.2) is 0 Å². The van der Waals surface area contributed by atoms with E-state index in [9.17, 15) is 0 Å². The van der Waals surface area contributed by atoms with Gasteiger partial charge in [0.1, 0.15) is 0 Å². The molecular weight excluding hydrogens is 346 g/mol. The molecule has 0 heterocycles. The first-order valence-electron chi connectivity index (χ1n) is 9.46. The smallest absolute Gasteiger partial charge is 0.300 e. The fourth-order valence-corrected chi connectivity index (χ4v) is 7.26. The summed E-state index contributed by atoms with van der Waals surface area (Å²) in [7, 11) is -2.27. The zero-order chi connectivity index (χ0) is 19.0. The Labute approximate surface area is 163 Å². The van der Waals surface area contributed by atoms with Crippen LogP contribution in [0, 0.1) is 0 Å². The quantitative estimate of drug-likeness (QED) is 0.282. The fraction of sp³-hybridized carbons (Fsp3) is 0.208. The van der Waals surface area contributed by atoms with Crippen molar-refractivity contribution in [2.24, 2.45) is 5.16 Å². The standard InChI is InChI=1S/C24H27NOSi/c1-21(2)25-26-27(18-22-12-6-3-7-13-22,19-23-14-8-4-9-15-23)20-24-16-10-5-11-17-24/h3-17H,18-20H2,1-2H3. The van der Waals surface area contributed by atoms with Gasteiger partial charge in [0.25, 0.3) is 8.32 Å². The van der Waals surface area contributed by atoms with Crippen molar-refractivity contribution in [3.63, 3.8) is 0 Å². The van der Waals surface area contributed by atoms with Gasteiger partial charge in [-0.15, -0.1) is 5.16 Å². The minimum absolute atomic E-state index is 0.939. The van der Waals surface area contributed by atoms with Crippen LogP contribution in [0.15, 0.2) is 96.2 Å². The van der Waals surface area contributed by atoms with Crippen LogP contribution < -0.4 is 0 Å². The highest BCUT2D eigenvalue weighted by atomic mass is 28.4. The molecule has 0 aliphatic heterocycles. The summed E-state index contributed by atoms with van der Waals surface area (Å²) in [6, 6.07) is 34.8. The van der Waals surface area contributed by atoms with Crippen LogP contribution in [-0.4, -0.2) is 14.0 Å². The lowest BCUT2D eigenvalue weighted by atomic mass is 10.2. The fourth-order valence-electron chi connectivity index (χ4n) is 3.38. The molecule has 0 bridgehead atoms. The lowest BCUT2D eigenvalue weighted by Gasteiger charge is -2.29. The van der Waals surface area contributed by atoms with E-state index in [1.807, 2.05) is 13.8 Å². The zero-order valence-electron chi connectivity index (χ0n) is 16.1. The van der Waals surface area contributed by atoms with Gasteiger partial charge >= 0.3 is 0 Å². The summed E-state index contributed by atoms with van der Waals surface area (Å²) < 4.78 is 6.43. The number of rotatable bonds is 8. The van der Waals surface area contributed by atoms with Gasteiger partial charge in [-0.2, -0.15) is 0 Å². The first kappa shape index (κ1) is 19.1. The van der Waals surface area contributed by atoms with E-state index < -0.39 is 8.32 Å². The molecule has 0 aliphatic carbocycles. The van der Waals surface area contributed by atoms with Crippen LogP contribution in [0.25, 0.3) is 0 Å². The van der Waals surface area contributed by atoms with Gasteiger partial charge in [-0.05, 0) is 30.5 Å². The van der Waals surface area contributed by atoms with Crippen molar-refractivity contribution in [1.82, 2.24) is 0 Å². The van der Waals surface area contributed by atoms with Crippen LogP contribution in [0.1, 0.15) is 30.5 Å². The summed E-state index contributed by atoms with van der Waals surface area (Å²) in [5.41, 5.74) is 4.92. The molecule has 3 rings (SSSR count). The van der Waals surface area contributed by atoms with Crippen LogP contribution in [0.4, 0.5) is 0 Å². The third-order valence-electron chi connectivity index (χ3n) is 4.53. The predicted molar refractivity (Wildman–Crippen MR) is 116 cm³/mol. The van der Waals surface area contributed by atoms with Gasteiger partial charge in [0.05, 0.1) is 0 Å². The van der Waals surface area contributed by atoms with Crippen LogP contribution >= 0.6 is 0 Å². The molecule has 138 valence electrons. The number of hydrogen-bond acceptors (Lipinski definition) is 2. The molecule has 0 fully saturated rings. The normalized spacial score (nSPS) is 11.0. The molecule has 0 amide bonds. The van der Waals surface area contributed by atoms with Crippen LogP contribution in [0.2, 0.25) is 0 Å². The molecule has 0 saturated carbocycles. The second kappa shape index (κ2) is 9.33. The van der Waals surface area contributed by atoms with Crippen LogP contribution in [-0.2, 0) is 22.7 Å². The molecule has 0 atom stereocenters. The average molecular weight is 374 g/mol. The summed E-state index contributed by atoms with van der Waals surface area (Å²) >= 11 is 0. The summed E-state index contributed by atoms with van der Waals surface area (Å²) in [6.45, 7) is 3.99. The van der Waals surface area contributed by atoms with Crippen molar-refractivity contribution >= 4 is 14.0 Å². The first-order valence-corrected chi connectivity index (χ1v) is 12.0. The maximum atomic E-state index is 6.43. The Hall–Kier alpha value is -2.65. The average Bonchev–Trinajstić information content (AvgIpc) is 2.69. The second-order valence-corrected chi connectivity index (χ2v) is 10.9. The predicted octanol–water partition coefficient (Wildman–Crippen LogP) is 5.69. The van der Waals surface area contributed by atoms with E-state index in [2.05, 4.69) is 96.2 Å². The molecule has 0 aromatic heterocycles. The maximum Gasteiger partial charge on any atom is 0.300 e. The monoisotopic (exact) mass is 373 g/mol. The molecule has 3 aromatic carbocycles. The van der Waals surface area contributed by atoms with Crippen molar-refractivity contribution in [3.8, 4) is 0 Å². The molecule has 0 aliphatic rings. The van der Waals surface area contributed by atoms with Gasteiger partial charge < -0.3 is 4.53 Å². The van der Waals surface area contributed by atoms with E-state index in [-0.39, 0.29) is 0 Å². The van der Waals surface area contributed by atoms with Crippen molar-refractivity contribution in [2.45, 2.75) is 32.0 Å². The Balaban J connectivity index is 1.99. The van der Waals surface area contributed by atoms with Crippen molar-refractivity contribution in [3.05, 3.63) is 108 Å². The summed E-state index contributed by atoms with van der Waals surface area (Å²) in [5, 5.41) is 4.46. The van der Waals surface area contributed by atoms with E-state index in [1.54, 1.807) is 0 Å². The molecule has 0 spiro atoms. The minimum atomic E-state index is -2.27. The third kappa shape index (κ3) is 5.93. The molecule has 2 nitrogen and oxygen atoms in total.